The molecule has 9 aromatic rings. The van der Waals surface area contributed by atoms with E-state index in [1.54, 1.807) is 0 Å². The Morgan fingerprint density at radius 3 is 1.63 bits per heavy atom. The maximum atomic E-state index is 6.39. The van der Waals surface area contributed by atoms with Crippen LogP contribution in [0.3, 0.4) is 0 Å². The Balaban J connectivity index is 1.45. The van der Waals surface area contributed by atoms with Gasteiger partial charge in [0.15, 0.2) is 0 Å². The van der Waals surface area contributed by atoms with Crippen molar-refractivity contribution >= 4 is 54.3 Å². The van der Waals surface area contributed by atoms with Gasteiger partial charge in [-0.25, -0.2) is 0 Å². The Hall–Kier alpha value is -5.66. The van der Waals surface area contributed by atoms with Gasteiger partial charge in [0.2, 0.25) is 0 Å². The summed E-state index contributed by atoms with van der Waals surface area (Å²) in [6, 6.07) is 56.8. The minimum Gasteiger partial charge on any atom is -0.456 e. The molecule has 0 radical (unpaired) electrons. The number of furan rings is 1. The average molecular weight is 547 g/mol. The summed E-state index contributed by atoms with van der Waals surface area (Å²) in [5.41, 5.74) is 9.18. The van der Waals surface area contributed by atoms with Crippen molar-refractivity contribution in [3.05, 3.63) is 158 Å². The van der Waals surface area contributed by atoms with Crippen molar-refractivity contribution in [2.75, 3.05) is 0 Å². The SMILES string of the molecule is c1ccc(-c2c(-c3c4ccccc4c(-c4ccc5ccccc5c4)c4ccccc34)ccc3oc4ccccc4c23)cc1. The molecule has 8 aromatic carbocycles. The fourth-order valence-electron chi connectivity index (χ4n) is 7.00. The molecule has 200 valence electrons. The summed E-state index contributed by atoms with van der Waals surface area (Å²) in [6.45, 7) is 0. The van der Waals surface area contributed by atoms with Crippen LogP contribution in [0.15, 0.2) is 162 Å². The molecule has 0 aliphatic carbocycles. The van der Waals surface area contributed by atoms with Crippen molar-refractivity contribution in [3.63, 3.8) is 0 Å². The Labute approximate surface area is 249 Å². The van der Waals surface area contributed by atoms with Crippen LogP contribution in [-0.4, -0.2) is 0 Å². The summed E-state index contributed by atoms with van der Waals surface area (Å²) in [4.78, 5) is 0. The largest absolute Gasteiger partial charge is 0.456 e. The van der Waals surface area contributed by atoms with E-state index in [0.717, 1.165) is 21.9 Å². The van der Waals surface area contributed by atoms with Crippen molar-refractivity contribution in [2.45, 2.75) is 0 Å². The first kappa shape index (κ1) is 24.0. The highest BCUT2D eigenvalue weighted by molar-refractivity contribution is 6.25. The van der Waals surface area contributed by atoms with Crippen LogP contribution in [0.1, 0.15) is 0 Å². The Kier molecular flexibility index (Phi) is 5.27. The highest BCUT2D eigenvalue weighted by Gasteiger charge is 2.22. The number of hydrogen-bond donors (Lipinski definition) is 0. The van der Waals surface area contributed by atoms with E-state index in [4.69, 9.17) is 4.42 Å². The topological polar surface area (TPSA) is 13.1 Å². The highest BCUT2D eigenvalue weighted by Crippen LogP contribution is 2.49. The lowest BCUT2D eigenvalue weighted by atomic mass is 9.82. The number of hydrogen-bond acceptors (Lipinski definition) is 1. The standard InChI is InChI=1S/C42H26O/c1-2-13-28(14-3-1)40-36(24-25-38-42(40)35-20-10-11-21-37(35)43-38)41-33-18-8-6-16-31(33)39(32-17-7-9-19-34(32)41)30-23-22-27-12-4-5-15-29(27)26-30/h1-26H. The summed E-state index contributed by atoms with van der Waals surface area (Å²) in [6.07, 6.45) is 0. The van der Waals surface area contributed by atoms with E-state index in [9.17, 15) is 0 Å². The second-order valence-electron chi connectivity index (χ2n) is 11.2. The third kappa shape index (κ3) is 3.65. The highest BCUT2D eigenvalue weighted by atomic mass is 16.3. The van der Waals surface area contributed by atoms with Crippen LogP contribution in [0.25, 0.3) is 87.6 Å². The minimum atomic E-state index is 0.908. The molecule has 1 heteroatoms. The lowest BCUT2D eigenvalue weighted by Crippen LogP contribution is -1.93. The fourth-order valence-corrected chi connectivity index (χ4v) is 7.00. The average Bonchev–Trinajstić information content (AvgIpc) is 3.46. The zero-order valence-electron chi connectivity index (χ0n) is 23.4. The fraction of sp³-hybridized carbons (Fsp3) is 0. The molecule has 0 bridgehead atoms. The molecule has 0 atom stereocenters. The number of fused-ring (bicyclic) bond motifs is 6. The summed E-state index contributed by atoms with van der Waals surface area (Å²) in [5, 5.41) is 9.80. The lowest BCUT2D eigenvalue weighted by Gasteiger charge is -2.20. The van der Waals surface area contributed by atoms with E-state index in [1.807, 2.05) is 6.07 Å². The van der Waals surface area contributed by atoms with Crippen LogP contribution in [0.2, 0.25) is 0 Å². The van der Waals surface area contributed by atoms with Crippen LogP contribution in [0.4, 0.5) is 0 Å². The second kappa shape index (κ2) is 9.44. The minimum absolute atomic E-state index is 0.908. The Morgan fingerprint density at radius 1 is 0.326 bits per heavy atom. The molecular formula is C42H26O. The first-order valence-electron chi connectivity index (χ1n) is 14.8. The zero-order chi connectivity index (χ0) is 28.3. The van der Waals surface area contributed by atoms with Crippen molar-refractivity contribution in [1.29, 1.82) is 0 Å². The molecule has 0 aliphatic heterocycles. The summed E-state index contributed by atoms with van der Waals surface area (Å²) in [7, 11) is 0. The third-order valence-electron chi connectivity index (χ3n) is 8.84. The van der Waals surface area contributed by atoms with Gasteiger partial charge in [-0.15, -0.1) is 0 Å². The van der Waals surface area contributed by atoms with Crippen molar-refractivity contribution in [1.82, 2.24) is 0 Å². The quantitative estimate of drug-likeness (QED) is 0.201. The van der Waals surface area contributed by atoms with Gasteiger partial charge in [-0.3, -0.25) is 0 Å². The maximum Gasteiger partial charge on any atom is 0.136 e. The molecule has 0 saturated heterocycles. The maximum absolute atomic E-state index is 6.39. The molecular weight excluding hydrogens is 520 g/mol. The Bertz CT molecular complexity index is 2440. The monoisotopic (exact) mass is 546 g/mol. The van der Waals surface area contributed by atoms with Gasteiger partial charge in [0.05, 0.1) is 0 Å². The Morgan fingerprint density at radius 2 is 0.907 bits per heavy atom. The predicted molar refractivity (Wildman–Crippen MR) is 183 cm³/mol. The van der Waals surface area contributed by atoms with Crippen molar-refractivity contribution < 1.29 is 4.42 Å². The van der Waals surface area contributed by atoms with Gasteiger partial charge in [0.25, 0.3) is 0 Å². The molecule has 1 heterocycles. The van der Waals surface area contributed by atoms with Gasteiger partial charge < -0.3 is 4.42 Å². The van der Waals surface area contributed by atoms with Gasteiger partial charge in [-0.2, -0.15) is 0 Å². The first-order valence-corrected chi connectivity index (χ1v) is 14.8. The molecule has 0 aliphatic rings. The predicted octanol–water partition coefficient (Wildman–Crippen LogP) is 12.0. The molecule has 0 fully saturated rings. The van der Waals surface area contributed by atoms with Gasteiger partial charge >= 0.3 is 0 Å². The van der Waals surface area contributed by atoms with Gasteiger partial charge in [-0.05, 0) is 84.4 Å². The number of rotatable bonds is 3. The van der Waals surface area contributed by atoms with Crippen LogP contribution in [0.5, 0.6) is 0 Å². The first-order chi connectivity index (χ1) is 21.3. The normalized spacial score (nSPS) is 11.7. The van der Waals surface area contributed by atoms with Crippen molar-refractivity contribution in [3.8, 4) is 33.4 Å². The molecule has 1 aromatic heterocycles. The van der Waals surface area contributed by atoms with Crippen LogP contribution < -0.4 is 0 Å². The second-order valence-corrected chi connectivity index (χ2v) is 11.2. The van der Waals surface area contributed by atoms with Crippen molar-refractivity contribution in [2.24, 2.45) is 0 Å². The molecule has 0 N–H and O–H groups in total. The molecule has 1 nitrogen and oxygen atoms in total. The lowest BCUT2D eigenvalue weighted by molar-refractivity contribution is 0.669. The zero-order valence-corrected chi connectivity index (χ0v) is 23.4. The molecule has 9 rings (SSSR count). The third-order valence-corrected chi connectivity index (χ3v) is 8.84. The van der Waals surface area contributed by atoms with E-state index < -0.39 is 0 Å². The van der Waals surface area contributed by atoms with E-state index in [2.05, 4.69) is 152 Å². The number of para-hydroxylation sites is 1. The van der Waals surface area contributed by atoms with E-state index >= 15 is 0 Å². The van der Waals surface area contributed by atoms with Gasteiger partial charge in [0.1, 0.15) is 11.2 Å². The van der Waals surface area contributed by atoms with E-state index in [1.165, 1.54) is 65.7 Å². The summed E-state index contributed by atoms with van der Waals surface area (Å²) < 4.78 is 6.39. The molecule has 0 spiro atoms. The van der Waals surface area contributed by atoms with Gasteiger partial charge in [-0.1, -0.05) is 133 Å². The summed E-state index contributed by atoms with van der Waals surface area (Å²) >= 11 is 0. The smallest absolute Gasteiger partial charge is 0.136 e. The van der Waals surface area contributed by atoms with E-state index in [0.29, 0.717) is 0 Å². The number of benzene rings is 8. The summed E-state index contributed by atoms with van der Waals surface area (Å²) in [5.74, 6) is 0. The van der Waals surface area contributed by atoms with Crippen LogP contribution in [0, 0.1) is 0 Å². The molecule has 0 unspecified atom stereocenters. The molecule has 43 heavy (non-hydrogen) atoms. The molecule has 0 amide bonds. The van der Waals surface area contributed by atoms with Crippen LogP contribution in [-0.2, 0) is 0 Å². The van der Waals surface area contributed by atoms with E-state index in [-0.39, 0.29) is 0 Å². The van der Waals surface area contributed by atoms with Crippen LogP contribution >= 0.6 is 0 Å². The van der Waals surface area contributed by atoms with Gasteiger partial charge in [0, 0.05) is 16.3 Å². The molecule has 0 saturated carbocycles.